The number of esters is 3. The molecule has 1 fully saturated rings. The first-order valence-corrected chi connectivity index (χ1v) is 11.1. The number of benzene rings is 2. The molecule has 0 aliphatic carbocycles. The van der Waals surface area contributed by atoms with Crippen LogP contribution in [0.25, 0.3) is 0 Å². The highest BCUT2D eigenvalue weighted by Gasteiger charge is 2.33. The van der Waals surface area contributed by atoms with Crippen LogP contribution in [-0.2, 0) is 30.5 Å². The van der Waals surface area contributed by atoms with Crippen LogP contribution in [0.1, 0.15) is 29.8 Å². The molecule has 11 heteroatoms. The molecular formula is C23H21IN2O8. The first kappa shape index (κ1) is 25.3. The molecule has 0 N–H and O–H groups in total. The fourth-order valence-electron chi connectivity index (χ4n) is 3.45. The number of hydrogen-bond donors (Lipinski definition) is 0. The van der Waals surface area contributed by atoms with E-state index in [-0.39, 0.29) is 36.7 Å². The number of ether oxygens (including phenoxy) is 3. The van der Waals surface area contributed by atoms with Crippen molar-refractivity contribution in [3.63, 3.8) is 0 Å². The summed E-state index contributed by atoms with van der Waals surface area (Å²) < 4.78 is 16.1. The van der Waals surface area contributed by atoms with Gasteiger partial charge in [-0.2, -0.15) is 0 Å². The zero-order chi connectivity index (χ0) is 25.0. The Hall–Kier alpha value is -3.32. The fraction of sp³-hybridized carbons (Fsp3) is 0.261. The van der Waals surface area contributed by atoms with Crippen LogP contribution in [0.2, 0.25) is 0 Å². The van der Waals surface area contributed by atoms with Gasteiger partial charge in [0.2, 0.25) is 11.8 Å². The van der Waals surface area contributed by atoms with Crippen molar-refractivity contribution >= 4 is 58.0 Å². The van der Waals surface area contributed by atoms with E-state index >= 15 is 0 Å². The zero-order valence-electron chi connectivity index (χ0n) is 18.6. The van der Waals surface area contributed by atoms with Crippen LogP contribution in [0.15, 0.2) is 36.4 Å². The summed E-state index contributed by atoms with van der Waals surface area (Å²) in [4.78, 5) is 63.9. The second-order valence-electron chi connectivity index (χ2n) is 7.35. The summed E-state index contributed by atoms with van der Waals surface area (Å²) in [5.74, 6) is -3.53. The summed E-state index contributed by atoms with van der Waals surface area (Å²) in [6.45, 7) is 2.12. The van der Waals surface area contributed by atoms with Gasteiger partial charge in [-0.05, 0) is 52.9 Å². The average Bonchev–Trinajstić information content (AvgIpc) is 2.75. The lowest BCUT2D eigenvalue weighted by atomic mass is 10.1. The van der Waals surface area contributed by atoms with Gasteiger partial charge in [0.1, 0.15) is 5.56 Å². The Kier molecular flexibility index (Phi) is 7.99. The number of piperazine rings is 1. The number of rotatable bonds is 6. The van der Waals surface area contributed by atoms with Crippen LogP contribution >= 0.6 is 22.6 Å². The zero-order valence-corrected chi connectivity index (χ0v) is 20.8. The average molecular weight is 580 g/mol. The van der Waals surface area contributed by atoms with Gasteiger partial charge in [-0.1, -0.05) is 6.07 Å². The molecule has 2 amide bonds. The van der Waals surface area contributed by atoms with Gasteiger partial charge < -0.3 is 14.2 Å². The molecule has 2 aromatic carbocycles. The SMILES string of the molecule is COC(=O)c1ccc(CN2CC(=O)N(c3ccc(I)cc3)C(=O)C2)c(OC(C)=O)c1OC(C)=O. The lowest BCUT2D eigenvalue weighted by Gasteiger charge is -2.33. The van der Waals surface area contributed by atoms with E-state index in [0.29, 0.717) is 11.3 Å². The van der Waals surface area contributed by atoms with Crippen LogP contribution in [0, 0.1) is 3.57 Å². The number of imide groups is 1. The number of halogens is 1. The molecular weight excluding hydrogens is 559 g/mol. The second kappa shape index (κ2) is 10.7. The number of hydrogen-bond acceptors (Lipinski definition) is 9. The highest BCUT2D eigenvalue weighted by Crippen LogP contribution is 2.37. The van der Waals surface area contributed by atoms with E-state index in [2.05, 4.69) is 22.6 Å². The first-order chi connectivity index (χ1) is 16.1. The molecule has 2 aromatic rings. The highest BCUT2D eigenvalue weighted by molar-refractivity contribution is 14.1. The normalized spacial score (nSPS) is 14.1. The number of carbonyl (C=O) groups excluding carboxylic acids is 5. The Labute approximate surface area is 208 Å². The molecule has 0 aromatic heterocycles. The molecule has 1 saturated heterocycles. The third kappa shape index (κ3) is 5.78. The van der Waals surface area contributed by atoms with E-state index in [4.69, 9.17) is 14.2 Å². The minimum absolute atomic E-state index is 0.0103. The molecule has 178 valence electrons. The van der Waals surface area contributed by atoms with Crippen LogP contribution in [-0.4, -0.2) is 54.8 Å². The molecule has 3 rings (SSSR count). The van der Waals surface area contributed by atoms with Crippen molar-refractivity contribution in [2.24, 2.45) is 0 Å². The van der Waals surface area contributed by atoms with Crippen LogP contribution in [0.4, 0.5) is 5.69 Å². The summed E-state index contributed by atoms with van der Waals surface area (Å²) in [7, 11) is 1.16. The minimum atomic E-state index is -0.798. The molecule has 0 bridgehead atoms. The smallest absolute Gasteiger partial charge is 0.341 e. The van der Waals surface area contributed by atoms with Crippen molar-refractivity contribution in [3.8, 4) is 11.5 Å². The molecule has 34 heavy (non-hydrogen) atoms. The maximum Gasteiger partial charge on any atom is 0.341 e. The van der Waals surface area contributed by atoms with E-state index in [1.165, 1.54) is 12.1 Å². The van der Waals surface area contributed by atoms with Gasteiger partial charge in [-0.25, -0.2) is 9.69 Å². The van der Waals surface area contributed by atoms with E-state index < -0.39 is 29.7 Å². The third-order valence-corrected chi connectivity index (χ3v) is 5.51. The van der Waals surface area contributed by atoms with Gasteiger partial charge in [0.05, 0.1) is 25.9 Å². The first-order valence-electron chi connectivity index (χ1n) is 10.1. The lowest BCUT2D eigenvalue weighted by molar-refractivity contribution is -0.134. The highest BCUT2D eigenvalue weighted by atomic mass is 127. The van der Waals surface area contributed by atoms with Gasteiger partial charge >= 0.3 is 17.9 Å². The van der Waals surface area contributed by atoms with E-state index in [9.17, 15) is 24.0 Å². The van der Waals surface area contributed by atoms with Gasteiger partial charge in [-0.15, -0.1) is 0 Å². The van der Waals surface area contributed by atoms with Gasteiger partial charge in [-0.3, -0.25) is 24.1 Å². The largest absolute Gasteiger partial charge is 0.465 e. The van der Waals surface area contributed by atoms with Crippen molar-refractivity contribution in [2.75, 3.05) is 25.1 Å². The molecule has 1 aliphatic rings. The standard InChI is InChI=1S/C23H21IN2O8/c1-13(27)33-21-15(4-9-18(23(31)32-3)22(21)34-14(2)28)10-25-11-19(29)26(20(30)12-25)17-7-5-16(24)6-8-17/h4-9H,10-12H2,1-3H3. The maximum absolute atomic E-state index is 12.8. The Morgan fingerprint density at radius 1 is 0.882 bits per heavy atom. The van der Waals surface area contributed by atoms with Crippen LogP contribution < -0.4 is 14.4 Å². The van der Waals surface area contributed by atoms with Crippen molar-refractivity contribution in [1.82, 2.24) is 4.90 Å². The number of amides is 2. The molecule has 0 unspecified atom stereocenters. The third-order valence-electron chi connectivity index (χ3n) is 4.79. The fourth-order valence-corrected chi connectivity index (χ4v) is 3.81. The summed E-state index contributed by atoms with van der Waals surface area (Å²) >= 11 is 2.13. The second-order valence-corrected chi connectivity index (χ2v) is 8.60. The number of carbonyl (C=O) groups is 5. The Morgan fingerprint density at radius 3 is 1.97 bits per heavy atom. The molecule has 0 saturated carbocycles. The Morgan fingerprint density at radius 2 is 1.44 bits per heavy atom. The quantitative estimate of drug-likeness (QED) is 0.220. The van der Waals surface area contributed by atoms with Gasteiger partial charge in [0, 0.05) is 29.5 Å². The van der Waals surface area contributed by atoms with Crippen LogP contribution in [0.5, 0.6) is 11.5 Å². The molecule has 10 nitrogen and oxygen atoms in total. The molecule has 1 heterocycles. The Balaban J connectivity index is 1.92. The monoisotopic (exact) mass is 580 g/mol. The topological polar surface area (TPSA) is 120 Å². The van der Waals surface area contributed by atoms with Crippen molar-refractivity contribution in [2.45, 2.75) is 20.4 Å². The summed E-state index contributed by atoms with van der Waals surface area (Å²) in [5, 5.41) is 0. The maximum atomic E-state index is 12.8. The minimum Gasteiger partial charge on any atom is -0.465 e. The molecule has 0 spiro atoms. The number of methoxy groups -OCH3 is 1. The van der Waals surface area contributed by atoms with Crippen molar-refractivity contribution in [3.05, 3.63) is 51.1 Å². The van der Waals surface area contributed by atoms with E-state index in [0.717, 1.165) is 29.4 Å². The molecule has 1 aliphatic heterocycles. The van der Waals surface area contributed by atoms with Gasteiger partial charge in [0.25, 0.3) is 0 Å². The van der Waals surface area contributed by atoms with Gasteiger partial charge in [0.15, 0.2) is 11.5 Å². The van der Waals surface area contributed by atoms with E-state index in [1.807, 2.05) is 0 Å². The number of anilines is 1. The Bertz CT molecular complexity index is 1140. The summed E-state index contributed by atoms with van der Waals surface area (Å²) in [6, 6.07) is 9.84. The predicted molar refractivity (Wildman–Crippen MR) is 127 cm³/mol. The summed E-state index contributed by atoms with van der Waals surface area (Å²) in [6.07, 6.45) is 0. The van der Waals surface area contributed by atoms with Crippen molar-refractivity contribution < 1.29 is 38.2 Å². The van der Waals surface area contributed by atoms with E-state index in [1.54, 1.807) is 29.2 Å². The van der Waals surface area contributed by atoms with Crippen molar-refractivity contribution in [1.29, 1.82) is 0 Å². The molecule has 0 atom stereocenters. The summed E-state index contributed by atoms with van der Waals surface area (Å²) in [5.41, 5.74) is 0.700. The predicted octanol–water partition coefficient (Wildman–Crippen LogP) is 2.30. The van der Waals surface area contributed by atoms with Crippen LogP contribution in [0.3, 0.4) is 0 Å². The lowest BCUT2D eigenvalue weighted by Crippen LogP contribution is -2.53. The molecule has 0 radical (unpaired) electrons. The number of nitrogens with zero attached hydrogens (tertiary/aromatic N) is 2.